The Morgan fingerprint density at radius 1 is 0.889 bits per heavy atom. The van der Waals surface area contributed by atoms with Crippen LogP contribution < -0.4 is 0 Å². The topological polar surface area (TPSA) is 40.6 Å². The fraction of sp³-hybridized carbons (Fsp3) is 0.727. The Morgan fingerprint density at radius 3 is 1.89 bits per heavy atom. The van der Waals surface area contributed by atoms with Crippen LogP contribution in [-0.4, -0.2) is 50.3 Å². The molecule has 4 aliphatic carbocycles. The molecule has 0 N–H and O–H groups in total. The predicted molar refractivity (Wildman–Crippen MR) is 107 cm³/mol. The van der Waals surface area contributed by atoms with Crippen molar-refractivity contribution in [1.82, 2.24) is 9.21 Å². The van der Waals surface area contributed by atoms with E-state index in [-0.39, 0.29) is 0 Å². The maximum absolute atomic E-state index is 13.0. The molecule has 0 atom stereocenters. The molecular formula is C22H32N2O2S. The van der Waals surface area contributed by atoms with Crippen molar-refractivity contribution in [3.8, 4) is 0 Å². The lowest BCUT2D eigenvalue weighted by molar-refractivity contribution is -0.00521. The highest BCUT2D eigenvalue weighted by Crippen LogP contribution is 2.60. The average Bonchev–Trinajstić information content (AvgIpc) is 2.67. The summed E-state index contributed by atoms with van der Waals surface area (Å²) in [6.07, 6.45) is 8.29. The van der Waals surface area contributed by atoms with Crippen molar-refractivity contribution >= 4 is 10.0 Å². The smallest absolute Gasteiger partial charge is 0.243 e. The third-order valence-corrected chi connectivity index (χ3v) is 9.83. The summed E-state index contributed by atoms with van der Waals surface area (Å²) in [4.78, 5) is 2.78. The Balaban J connectivity index is 1.36. The molecule has 1 heterocycles. The highest BCUT2D eigenvalue weighted by Gasteiger charge is 2.51. The van der Waals surface area contributed by atoms with Crippen LogP contribution in [0.4, 0.5) is 0 Å². The van der Waals surface area contributed by atoms with Crippen LogP contribution in [-0.2, 0) is 15.4 Å². The minimum Gasteiger partial charge on any atom is -0.301 e. The first-order chi connectivity index (χ1) is 13.0. The van der Waals surface area contributed by atoms with Gasteiger partial charge in [0, 0.05) is 26.2 Å². The van der Waals surface area contributed by atoms with Crippen LogP contribution in [0.15, 0.2) is 29.2 Å². The number of benzene rings is 1. The molecule has 148 valence electrons. The van der Waals surface area contributed by atoms with Crippen LogP contribution in [0.25, 0.3) is 0 Å². The summed E-state index contributed by atoms with van der Waals surface area (Å²) in [5.41, 5.74) is 1.74. The summed E-state index contributed by atoms with van der Waals surface area (Å²) in [6, 6.07) is 8.05. The van der Waals surface area contributed by atoms with E-state index in [9.17, 15) is 8.42 Å². The lowest BCUT2D eigenvalue weighted by atomic mass is 9.48. The van der Waals surface area contributed by atoms with E-state index in [2.05, 4.69) is 24.0 Å². The number of hydrogen-bond acceptors (Lipinski definition) is 3. The van der Waals surface area contributed by atoms with Gasteiger partial charge in [0.05, 0.1) is 4.90 Å². The number of sulfonamides is 1. The van der Waals surface area contributed by atoms with E-state index in [1.54, 1.807) is 4.31 Å². The van der Waals surface area contributed by atoms with Crippen molar-refractivity contribution in [2.75, 3.05) is 32.7 Å². The van der Waals surface area contributed by atoms with Gasteiger partial charge in [-0.15, -0.1) is 0 Å². The zero-order valence-corrected chi connectivity index (χ0v) is 17.3. The average molecular weight is 389 g/mol. The summed E-state index contributed by atoms with van der Waals surface area (Å²) in [6.45, 7) is 6.00. The molecule has 0 radical (unpaired) electrons. The third kappa shape index (κ3) is 3.06. The lowest BCUT2D eigenvalue weighted by Gasteiger charge is -2.57. The number of rotatable bonds is 4. The van der Waals surface area contributed by atoms with Gasteiger partial charge in [-0.1, -0.05) is 19.1 Å². The number of nitrogens with zero attached hydrogens (tertiary/aromatic N) is 2. The van der Waals surface area contributed by atoms with Gasteiger partial charge < -0.3 is 4.90 Å². The van der Waals surface area contributed by atoms with Crippen molar-refractivity contribution in [2.45, 2.75) is 55.8 Å². The van der Waals surface area contributed by atoms with Gasteiger partial charge in [-0.3, -0.25) is 0 Å². The molecule has 5 aliphatic rings. The van der Waals surface area contributed by atoms with Crippen LogP contribution in [0.1, 0.15) is 51.0 Å². The van der Waals surface area contributed by atoms with Crippen molar-refractivity contribution in [3.05, 3.63) is 29.8 Å². The van der Waals surface area contributed by atoms with Crippen molar-refractivity contribution in [3.63, 3.8) is 0 Å². The van der Waals surface area contributed by atoms with Crippen LogP contribution in [0.5, 0.6) is 0 Å². The molecule has 4 bridgehead atoms. The minimum absolute atomic E-state index is 0.337. The summed E-state index contributed by atoms with van der Waals surface area (Å²) in [5.74, 6) is 2.73. The zero-order valence-electron chi connectivity index (χ0n) is 16.4. The molecule has 6 rings (SSSR count). The Bertz CT molecular complexity index is 759. The molecule has 1 saturated heterocycles. The normalized spacial score (nSPS) is 37.0. The van der Waals surface area contributed by atoms with Gasteiger partial charge in [0.1, 0.15) is 0 Å². The van der Waals surface area contributed by atoms with E-state index in [4.69, 9.17) is 0 Å². The Hall–Kier alpha value is -0.910. The van der Waals surface area contributed by atoms with Crippen LogP contribution in [0.2, 0.25) is 0 Å². The molecule has 0 spiro atoms. The summed E-state index contributed by atoms with van der Waals surface area (Å²) >= 11 is 0. The highest BCUT2D eigenvalue weighted by atomic mass is 32.2. The first-order valence-corrected chi connectivity index (χ1v) is 12.3. The maximum atomic E-state index is 13.0. The largest absolute Gasteiger partial charge is 0.301 e. The molecule has 5 heteroatoms. The Morgan fingerprint density at radius 2 is 1.41 bits per heavy atom. The summed E-state index contributed by atoms with van der Waals surface area (Å²) in [7, 11) is -3.36. The molecule has 5 fully saturated rings. The first kappa shape index (κ1) is 18.1. The van der Waals surface area contributed by atoms with E-state index in [1.165, 1.54) is 44.1 Å². The number of piperazine rings is 1. The van der Waals surface area contributed by atoms with E-state index >= 15 is 0 Å². The van der Waals surface area contributed by atoms with Crippen molar-refractivity contribution in [1.29, 1.82) is 0 Å². The number of hydrogen-bond donors (Lipinski definition) is 0. The monoisotopic (exact) mass is 388 g/mol. The highest BCUT2D eigenvalue weighted by molar-refractivity contribution is 7.89. The van der Waals surface area contributed by atoms with E-state index in [0.717, 1.165) is 37.4 Å². The molecular weight excluding hydrogens is 356 g/mol. The quantitative estimate of drug-likeness (QED) is 0.793. The zero-order chi connectivity index (χ0) is 18.6. The molecule has 1 aliphatic heterocycles. The van der Waals surface area contributed by atoms with Gasteiger partial charge in [0.15, 0.2) is 0 Å². The van der Waals surface area contributed by atoms with Crippen LogP contribution in [0, 0.1) is 17.8 Å². The SMILES string of the molecule is CCN1CCN(S(=O)(=O)c2ccc(C34CC5CC(CC(C5)C3)C4)cc2)CC1. The third-order valence-electron chi connectivity index (χ3n) is 7.92. The lowest BCUT2D eigenvalue weighted by Crippen LogP contribution is -2.48. The fourth-order valence-electron chi connectivity index (χ4n) is 6.88. The van der Waals surface area contributed by atoms with Gasteiger partial charge in [0.2, 0.25) is 10.0 Å². The second-order valence-corrected chi connectivity index (χ2v) is 11.5. The molecule has 27 heavy (non-hydrogen) atoms. The Labute approximate surface area is 164 Å². The van der Waals surface area contributed by atoms with Crippen LogP contribution >= 0.6 is 0 Å². The van der Waals surface area contributed by atoms with E-state index < -0.39 is 10.0 Å². The molecule has 0 amide bonds. The fourth-order valence-corrected chi connectivity index (χ4v) is 8.30. The molecule has 4 saturated carbocycles. The summed E-state index contributed by atoms with van der Waals surface area (Å²) < 4.78 is 27.8. The van der Waals surface area contributed by atoms with Crippen molar-refractivity contribution in [2.24, 2.45) is 17.8 Å². The molecule has 0 unspecified atom stereocenters. The first-order valence-electron chi connectivity index (χ1n) is 10.8. The molecule has 1 aromatic rings. The molecule has 4 nitrogen and oxygen atoms in total. The van der Waals surface area contributed by atoms with E-state index in [1.807, 2.05) is 12.1 Å². The minimum atomic E-state index is -3.36. The van der Waals surface area contributed by atoms with Gasteiger partial charge in [-0.05, 0) is 85.9 Å². The van der Waals surface area contributed by atoms with Crippen LogP contribution in [0.3, 0.4) is 0 Å². The van der Waals surface area contributed by atoms with Gasteiger partial charge in [-0.25, -0.2) is 8.42 Å². The van der Waals surface area contributed by atoms with Gasteiger partial charge in [-0.2, -0.15) is 4.31 Å². The standard InChI is InChI=1S/C22H32N2O2S/c1-2-23-7-9-24(10-8-23)27(25,26)21-5-3-20(4-6-21)22-14-17-11-18(15-22)13-19(12-17)16-22/h3-6,17-19H,2,7-16H2,1H3. The summed E-state index contributed by atoms with van der Waals surface area (Å²) in [5, 5.41) is 0. The van der Waals surface area contributed by atoms with Gasteiger partial charge in [0.25, 0.3) is 0 Å². The second kappa shape index (κ2) is 6.57. The second-order valence-electron chi connectivity index (χ2n) is 9.56. The van der Waals surface area contributed by atoms with Crippen molar-refractivity contribution < 1.29 is 8.42 Å². The van der Waals surface area contributed by atoms with E-state index in [0.29, 0.717) is 23.4 Å². The number of likely N-dealkylation sites (N-methyl/N-ethyl adjacent to an activating group) is 1. The maximum Gasteiger partial charge on any atom is 0.243 e. The predicted octanol–water partition coefficient (Wildman–Crippen LogP) is 3.48. The molecule has 0 aromatic heterocycles. The Kier molecular flexibility index (Phi) is 4.41. The van der Waals surface area contributed by atoms with Gasteiger partial charge >= 0.3 is 0 Å². The molecule has 1 aromatic carbocycles.